The van der Waals surface area contributed by atoms with Crippen LogP contribution in [0.4, 0.5) is 0 Å². The second kappa shape index (κ2) is 5.32. The van der Waals surface area contributed by atoms with Crippen LogP contribution in [0.5, 0.6) is 0 Å². The summed E-state index contributed by atoms with van der Waals surface area (Å²) in [7, 11) is 2.05. The monoisotopic (exact) mass is 285 g/mol. The summed E-state index contributed by atoms with van der Waals surface area (Å²) >= 11 is 3.69. The summed E-state index contributed by atoms with van der Waals surface area (Å²) in [6.45, 7) is 4.49. The van der Waals surface area contributed by atoms with Crippen LogP contribution in [0.1, 0.15) is 31.2 Å². The fourth-order valence-electron chi connectivity index (χ4n) is 2.41. The van der Waals surface area contributed by atoms with E-state index < -0.39 is 0 Å². The molecule has 1 unspecified atom stereocenters. The minimum absolute atomic E-state index is 0.769. The molecule has 1 N–H and O–H groups in total. The van der Waals surface area contributed by atoms with Crippen molar-refractivity contribution < 1.29 is 0 Å². The van der Waals surface area contributed by atoms with Gasteiger partial charge in [0.2, 0.25) is 0 Å². The third kappa shape index (κ3) is 2.48. The lowest BCUT2D eigenvalue weighted by Crippen LogP contribution is -2.31. The van der Waals surface area contributed by atoms with Crippen molar-refractivity contribution in [2.24, 2.45) is 13.0 Å². The molecule has 0 aliphatic carbocycles. The Bertz CT molecular complexity index is 353. The van der Waals surface area contributed by atoms with Gasteiger partial charge in [0, 0.05) is 7.05 Å². The van der Waals surface area contributed by atoms with Crippen molar-refractivity contribution in [2.45, 2.75) is 32.6 Å². The number of aromatic nitrogens is 2. The van der Waals surface area contributed by atoms with Crippen LogP contribution in [0.25, 0.3) is 0 Å². The zero-order chi connectivity index (χ0) is 11.5. The van der Waals surface area contributed by atoms with Crippen molar-refractivity contribution in [2.75, 3.05) is 13.1 Å². The van der Waals surface area contributed by atoms with Crippen molar-refractivity contribution in [3.8, 4) is 0 Å². The SMILES string of the molecule is CCc1nn(C)c(CC2CCCNC2)c1Br. The minimum Gasteiger partial charge on any atom is -0.316 e. The third-order valence-corrected chi connectivity index (χ3v) is 4.30. The Balaban J connectivity index is 2.10. The first-order valence-corrected chi connectivity index (χ1v) is 6.92. The van der Waals surface area contributed by atoms with Crippen LogP contribution in [-0.2, 0) is 19.9 Å². The molecule has 0 saturated carbocycles. The van der Waals surface area contributed by atoms with Crippen molar-refractivity contribution >= 4 is 15.9 Å². The van der Waals surface area contributed by atoms with Crippen molar-refractivity contribution in [3.05, 3.63) is 15.9 Å². The third-order valence-electron chi connectivity index (χ3n) is 3.38. The molecule has 0 spiro atoms. The quantitative estimate of drug-likeness (QED) is 0.924. The van der Waals surface area contributed by atoms with Crippen LogP contribution in [0.15, 0.2) is 4.47 Å². The van der Waals surface area contributed by atoms with E-state index in [2.05, 4.69) is 40.3 Å². The molecule has 3 nitrogen and oxygen atoms in total. The number of nitrogens with zero attached hydrogens (tertiary/aromatic N) is 2. The van der Waals surface area contributed by atoms with Gasteiger partial charge in [0.15, 0.2) is 0 Å². The smallest absolute Gasteiger partial charge is 0.0766 e. The number of rotatable bonds is 3. The van der Waals surface area contributed by atoms with E-state index >= 15 is 0 Å². The number of hydrogen-bond donors (Lipinski definition) is 1. The van der Waals surface area contributed by atoms with Crippen molar-refractivity contribution in [1.82, 2.24) is 15.1 Å². The second-order valence-electron chi connectivity index (χ2n) is 4.60. The molecule has 0 amide bonds. The first-order chi connectivity index (χ1) is 7.72. The van der Waals surface area contributed by atoms with Crippen LogP contribution >= 0.6 is 15.9 Å². The summed E-state index contributed by atoms with van der Waals surface area (Å²) in [6.07, 6.45) is 4.78. The molecular weight excluding hydrogens is 266 g/mol. The van der Waals surface area contributed by atoms with E-state index in [0.29, 0.717) is 0 Å². The van der Waals surface area contributed by atoms with E-state index in [1.165, 1.54) is 35.2 Å². The molecule has 1 saturated heterocycles. The van der Waals surface area contributed by atoms with Gasteiger partial charge in [0.1, 0.15) is 0 Å². The predicted molar refractivity (Wildman–Crippen MR) is 69.6 cm³/mol. The molecule has 1 fully saturated rings. The molecular formula is C12H20BrN3. The summed E-state index contributed by atoms with van der Waals surface area (Å²) < 4.78 is 3.26. The van der Waals surface area contributed by atoms with E-state index in [9.17, 15) is 0 Å². The lowest BCUT2D eigenvalue weighted by molar-refractivity contribution is 0.369. The second-order valence-corrected chi connectivity index (χ2v) is 5.39. The van der Waals surface area contributed by atoms with Gasteiger partial charge in [-0.1, -0.05) is 6.92 Å². The maximum Gasteiger partial charge on any atom is 0.0766 e. The van der Waals surface area contributed by atoms with Gasteiger partial charge in [-0.3, -0.25) is 4.68 Å². The molecule has 4 heteroatoms. The zero-order valence-electron chi connectivity index (χ0n) is 10.1. The van der Waals surface area contributed by atoms with Gasteiger partial charge < -0.3 is 5.32 Å². The average Bonchev–Trinajstić information content (AvgIpc) is 2.58. The highest BCUT2D eigenvalue weighted by atomic mass is 79.9. The summed E-state index contributed by atoms with van der Waals surface area (Å²) in [4.78, 5) is 0. The summed E-state index contributed by atoms with van der Waals surface area (Å²) in [6, 6.07) is 0. The molecule has 0 aromatic carbocycles. The lowest BCUT2D eigenvalue weighted by atomic mass is 9.94. The molecule has 1 aromatic heterocycles. The molecule has 2 heterocycles. The highest BCUT2D eigenvalue weighted by Crippen LogP contribution is 2.25. The fraction of sp³-hybridized carbons (Fsp3) is 0.750. The van der Waals surface area contributed by atoms with Crippen molar-refractivity contribution in [3.63, 3.8) is 0 Å². The summed E-state index contributed by atoms with van der Waals surface area (Å²) in [5.41, 5.74) is 2.53. The number of hydrogen-bond acceptors (Lipinski definition) is 2. The van der Waals surface area contributed by atoms with Gasteiger partial charge in [0.25, 0.3) is 0 Å². The van der Waals surface area contributed by atoms with Crippen LogP contribution in [0.3, 0.4) is 0 Å². The lowest BCUT2D eigenvalue weighted by Gasteiger charge is -2.22. The highest BCUT2D eigenvalue weighted by molar-refractivity contribution is 9.10. The van der Waals surface area contributed by atoms with Gasteiger partial charge in [-0.05, 0) is 60.6 Å². The zero-order valence-corrected chi connectivity index (χ0v) is 11.7. The number of nitrogens with one attached hydrogen (secondary N) is 1. The Morgan fingerprint density at radius 1 is 1.56 bits per heavy atom. The largest absolute Gasteiger partial charge is 0.316 e. The Morgan fingerprint density at radius 3 is 2.94 bits per heavy atom. The Labute approximate surface area is 106 Å². The van der Waals surface area contributed by atoms with Crippen LogP contribution in [0, 0.1) is 5.92 Å². The van der Waals surface area contributed by atoms with Crippen LogP contribution < -0.4 is 5.32 Å². The predicted octanol–water partition coefficient (Wildman–Crippen LogP) is 2.29. The maximum absolute atomic E-state index is 4.54. The number of aryl methyl sites for hydroxylation is 2. The molecule has 16 heavy (non-hydrogen) atoms. The maximum atomic E-state index is 4.54. The molecule has 2 rings (SSSR count). The summed E-state index contributed by atoms with van der Waals surface area (Å²) in [5.74, 6) is 0.769. The standard InChI is InChI=1S/C12H20BrN3/c1-3-10-12(13)11(16(2)15-10)7-9-5-4-6-14-8-9/h9,14H,3-8H2,1-2H3. The Kier molecular flexibility index (Phi) is 4.03. The van der Waals surface area contributed by atoms with E-state index in [-0.39, 0.29) is 0 Å². The molecule has 1 atom stereocenters. The first kappa shape index (κ1) is 12.1. The fourth-order valence-corrected chi connectivity index (χ4v) is 3.19. The van der Waals surface area contributed by atoms with E-state index in [1.807, 2.05) is 4.68 Å². The van der Waals surface area contributed by atoms with E-state index in [1.54, 1.807) is 0 Å². The number of piperidine rings is 1. The van der Waals surface area contributed by atoms with Crippen molar-refractivity contribution in [1.29, 1.82) is 0 Å². The first-order valence-electron chi connectivity index (χ1n) is 6.13. The molecule has 1 aliphatic rings. The van der Waals surface area contributed by atoms with Gasteiger partial charge in [-0.2, -0.15) is 5.10 Å². The highest BCUT2D eigenvalue weighted by Gasteiger charge is 2.19. The molecule has 0 bridgehead atoms. The van der Waals surface area contributed by atoms with Crippen LogP contribution in [0.2, 0.25) is 0 Å². The topological polar surface area (TPSA) is 29.9 Å². The average molecular weight is 286 g/mol. The van der Waals surface area contributed by atoms with Gasteiger partial charge in [-0.15, -0.1) is 0 Å². The van der Waals surface area contributed by atoms with Gasteiger partial charge in [0.05, 0.1) is 15.9 Å². The Morgan fingerprint density at radius 2 is 2.38 bits per heavy atom. The normalized spacial score (nSPS) is 21.3. The van der Waals surface area contributed by atoms with Gasteiger partial charge in [-0.25, -0.2) is 0 Å². The minimum atomic E-state index is 0.769. The van der Waals surface area contributed by atoms with E-state index in [4.69, 9.17) is 0 Å². The molecule has 1 aliphatic heterocycles. The molecule has 0 radical (unpaired) electrons. The Hall–Kier alpha value is -0.350. The number of halogens is 1. The molecule has 90 valence electrons. The van der Waals surface area contributed by atoms with Gasteiger partial charge >= 0.3 is 0 Å². The van der Waals surface area contributed by atoms with Crippen LogP contribution in [-0.4, -0.2) is 22.9 Å². The van der Waals surface area contributed by atoms with E-state index in [0.717, 1.165) is 25.3 Å². The summed E-state index contributed by atoms with van der Waals surface area (Å²) in [5, 5.41) is 8.01. The molecule has 1 aromatic rings.